The number of hydrogen-bond acceptors (Lipinski definition) is 6. The van der Waals surface area contributed by atoms with Gasteiger partial charge in [-0.25, -0.2) is 5.43 Å². The minimum atomic E-state index is -0.598. The van der Waals surface area contributed by atoms with Crippen LogP contribution >= 0.6 is 11.6 Å². The number of nitro benzene ring substituents is 1. The summed E-state index contributed by atoms with van der Waals surface area (Å²) in [6.07, 6.45) is 1.27. The molecule has 0 saturated carbocycles. The lowest BCUT2D eigenvalue weighted by atomic mass is 10.2. The summed E-state index contributed by atoms with van der Waals surface area (Å²) < 4.78 is 10.4. The SMILES string of the molecule is COc1ccccc1OCC(=O)NN=Cc1ccc(Cl)c([N+](=O)[O-])c1. The van der Waals surface area contributed by atoms with Crippen LogP contribution in [0.15, 0.2) is 47.6 Å². The summed E-state index contributed by atoms with van der Waals surface area (Å²) >= 11 is 5.72. The molecule has 0 aliphatic carbocycles. The topological polar surface area (TPSA) is 103 Å². The van der Waals surface area contributed by atoms with Crippen molar-refractivity contribution in [1.29, 1.82) is 0 Å². The zero-order chi connectivity index (χ0) is 18.2. The molecule has 25 heavy (non-hydrogen) atoms. The predicted octanol–water partition coefficient (Wildman–Crippen LogP) is 2.79. The van der Waals surface area contributed by atoms with Crippen molar-refractivity contribution >= 4 is 29.4 Å². The van der Waals surface area contributed by atoms with Gasteiger partial charge in [0.05, 0.1) is 18.2 Å². The number of hydrogen-bond donors (Lipinski definition) is 1. The zero-order valence-electron chi connectivity index (χ0n) is 13.1. The van der Waals surface area contributed by atoms with Gasteiger partial charge in [0.25, 0.3) is 11.6 Å². The van der Waals surface area contributed by atoms with Crippen LogP contribution in [-0.2, 0) is 4.79 Å². The van der Waals surface area contributed by atoms with Gasteiger partial charge in [-0.1, -0.05) is 29.8 Å². The molecule has 1 N–H and O–H groups in total. The largest absolute Gasteiger partial charge is 0.493 e. The number of carbonyl (C=O) groups is 1. The normalized spacial score (nSPS) is 10.5. The molecule has 9 heteroatoms. The van der Waals surface area contributed by atoms with Gasteiger partial charge in [0.2, 0.25) is 0 Å². The number of methoxy groups -OCH3 is 1. The molecule has 0 bridgehead atoms. The lowest BCUT2D eigenvalue weighted by Crippen LogP contribution is -2.24. The Hall–Kier alpha value is -3.13. The first-order valence-electron chi connectivity index (χ1n) is 7.03. The third-order valence-electron chi connectivity index (χ3n) is 3.00. The van der Waals surface area contributed by atoms with Gasteiger partial charge in [-0.2, -0.15) is 5.10 Å². The molecule has 2 aromatic carbocycles. The number of nitro groups is 1. The standard InChI is InChI=1S/C16H14ClN3O5/c1-24-14-4-2-3-5-15(14)25-10-16(21)19-18-9-11-6-7-12(17)13(8-11)20(22)23/h2-9H,10H2,1H3,(H,19,21). The van der Waals surface area contributed by atoms with E-state index in [9.17, 15) is 14.9 Å². The predicted molar refractivity (Wildman–Crippen MR) is 92.3 cm³/mol. The molecule has 0 atom stereocenters. The van der Waals surface area contributed by atoms with Crippen molar-refractivity contribution in [2.45, 2.75) is 0 Å². The number of amides is 1. The summed E-state index contributed by atoms with van der Waals surface area (Å²) in [4.78, 5) is 21.9. The quantitative estimate of drug-likeness (QED) is 0.463. The highest BCUT2D eigenvalue weighted by atomic mass is 35.5. The Morgan fingerprint density at radius 1 is 1.32 bits per heavy atom. The van der Waals surface area contributed by atoms with Gasteiger partial charge in [-0.3, -0.25) is 14.9 Å². The maximum Gasteiger partial charge on any atom is 0.288 e. The second-order valence-electron chi connectivity index (χ2n) is 4.70. The lowest BCUT2D eigenvalue weighted by molar-refractivity contribution is -0.384. The molecule has 0 saturated heterocycles. The van der Waals surface area contributed by atoms with E-state index in [4.69, 9.17) is 21.1 Å². The van der Waals surface area contributed by atoms with E-state index in [1.807, 2.05) is 0 Å². The average molecular weight is 364 g/mol. The van der Waals surface area contributed by atoms with Gasteiger partial charge < -0.3 is 9.47 Å². The maximum atomic E-state index is 11.7. The number of carbonyl (C=O) groups excluding carboxylic acids is 1. The summed E-state index contributed by atoms with van der Waals surface area (Å²) in [7, 11) is 1.50. The van der Waals surface area contributed by atoms with Crippen LogP contribution in [0.1, 0.15) is 5.56 Å². The molecule has 0 heterocycles. The van der Waals surface area contributed by atoms with Crippen molar-refractivity contribution in [3.8, 4) is 11.5 Å². The van der Waals surface area contributed by atoms with E-state index in [1.54, 1.807) is 24.3 Å². The molecular formula is C16H14ClN3O5. The maximum absolute atomic E-state index is 11.7. The number of ether oxygens (including phenoxy) is 2. The highest BCUT2D eigenvalue weighted by molar-refractivity contribution is 6.32. The third-order valence-corrected chi connectivity index (χ3v) is 3.32. The third kappa shape index (κ3) is 5.18. The average Bonchev–Trinajstić information content (AvgIpc) is 2.61. The Morgan fingerprint density at radius 2 is 2.04 bits per heavy atom. The second-order valence-corrected chi connectivity index (χ2v) is 5.11. The number of halogens is 1. The van der Waals surface area contributed by atoms with E-state index in [0.29, 0.717) is 17.1 Å². The monoisotopic (exact) mass is 363 g/mol. The Labute approximate surface area is 148 Å². The lowest BCUT2D eigenvalue weighted by Gasteiger charge is -2.09. The molecule has 130 valence electrons. The molecule has 0 fully saturated rings. The van der Waals surface area contributed by atoms with Crippen molar-refractivity contribution in [2.75, 3.05) is 13.7 Å². The van der Waals surface area contributed by atoms with Gasteiger partial charge in [0, 0.05) is 11.6 Å². The Bertz CT molecular complexity index is 810. The van der Waals surface area contributed by atoms with Crippen molar-refractivity contribution in [3.63, 3.8) is 0 Å². The number of benzene rings is 2. The molecule has 0 aromatic heterocycles. The first-order chi connectivity index (χ1) is 12.0. The molecule has 2 rings (SSSR count). The summed E-state index contributed by atoms with van der Waals surface area (Å²) in [6.45, 7) is -0.265. The smallest absolute Gasteiger partial charge is 0.288 e. The van der Waals surface area contributed by atoms with Crippen LogP contribution in [-0.4, -0.2) is 30.8 Å². The molecule has 0 radical (unpaired) electrons. The minimum Gasteiger partial charge on any atom is -0.493 e. The highest BCUT2D eigenvalue weighted by Crippen LogP contribution is 2.25. The molecule has 0 spiro atoms. The van der Waals surface area contributed by atoms with Gasteiger partial charge in [-0.15, -0.1) is 0 Å². The second kappa shape index (κ2) is 8.65. The van der Waals surface area contributed by atoms with Crippen LogP contribution in [0.3, 0.4) is 0 Å². The van der Waals surface area contributed by atoms with Crippen molar-refractivity contribution in [2.24, 2.45) is 5.10 Å². The Kier molecular flexibility index (Phi) is 6.30. The molecule has 8 nitrogen and oxygen atoms in total. The van der Waals surface area contributed by atoms with Gasteiger partial charge in [0.15, 0.2) is 18.1 Å². The van der Waals surface area contributed by atoms with E-state index >= 15 is 0 Å². The Morgan fingerprint density at radius 3 is 2.72 bits per heavy atom. The molecule has 2 aromatic rings. The molecular weight excluding hydrogens is 350 g/mol. The summed E-state index contributed by atoms with van der Waals surface area (Å²) in [5, 5.41) is 14.6. The number of para-hydroxylation sites is 2. The number of nitrogens with zero attached hydrogens (tertiary/aromatic N) is 2. The molecule has 0 aliphatic heterocycles. The van der Waals surface area contributed by atoms with Crippen LogP contribution in [0.4, 0.5) is 5.69 Å². The van der Waals surface area contributed by atoms with Crippen LogP contribution in [0.5, 0.6) is 11.5 Å². The van der Waals surface area contributed by atoms with Crippen LogP contribution in [0.2, 0.25) is 5.02 Å². The van der Waals surface area contributed by atoms with Crippen LogP contribution < -0.4 is 14.9 Å². The molecule has 0 unspecified atom stereocenters. The minimum absolute atomic E-state index is 0.0244. The summed E-state index contributed by atoms with van der Waals surface area (Å²) in [6, 6.07) is 11.1. The fourth-order valence-electron chi connectivity index (χ4n) is 1.84. The van der Waals surface area contributed by atoms with Crippen LogP contribution in [0.25, 0.3) is 0 Å². The van der Waals surface area contributed by atoms with Gasteiger partial charge >= 0.3 is 0 Å². The van der Waals surface area contributed by atoms with Crippen molar-refractivity contribution < 1.29 is 19.2 Å². The van der Waals surface area contributed by atoms with Crippen molar-refractivity contribution in [1.82, 2.24) is 5.43 Å². The van der Waals surface area contributed by atoms with E-state index in [2.05, 4.69) is 10.5 Å². The number of rotatable bonds is 7. The van der Waals surface area contributed by atoms with E-state index in [0.717, 1.165) is 0 Å². The van der Waals surface area contributed by atoms with E-state index in [1.165, 1.54) is 31.5 Å². The number of hydrazone groups is 1. The fraction of sp³-hybridized carbons (Fsp3) is 0.125. The summed E-state index contributed by atoms with van der Waals surface area (Å²) in [5.41, 5.74) is 2.44. The first-order valence-corrected chi connectivity index (χ1v) is 7.40. The summed E-state index contributed by atoms with van der Waals surface area (Å²) in [5.74, 6) is 0.440. The van der Waals surface area contributed by atoms with Gasteiger partial charge in [-0.05, 0) is 18.2 Å². The van der Waals surface area contributed by atoms with E-state index in [-0.39, 0.29) is 17.3 Å². The highest BCUT2D eigenvalue weighted by Gasteiger charge is 2.12. The zero-order valence-corrected chi connectivity index (χ0v) is 13.9. The number of nitrogens with one attached hydrogen (secondary N) is 1. The van der Waals surface area contributed by atoms with Crippen LogP contribution in [0, 0.1) is 10.1 Å². The van der Waals surface area contributed by atoms with Gasteiger partial charge in [0.1, 0.15) is 5.02 Å². The van der Waals surface area contributed by atoms with Crippen molar-refractivity contribution in [3.05, 3.63) is 63.2 Å². The first kappa shape index (κ1) is 18.2. The Balaban J connectivity index is 1.90. The molecule has 1 amide bonds. The van der Waals surface area contributed by atoms with E-state index < -0.39 is 10.8 Å². The molecule has 0 aliphatic rings. The fourth-order valence-corrected chi connectivity index (χ4v) is 2.03.